The van der Waals surface area contributed by atoms with Gasteiger partial charge in [0.05, 0.1) is 11.6 Å². The minimum atomic E-state index is 0.474. The van der Waals surface area contributed by atoms with Crippen molar-refractivity contribution in [3.05, 3.63) is 42.1 Å². The molecule has 3 aromatic rings. The van der Waals surface area contributed by atoms with Gasteiger partial charge in [0.25, 0.3) is 0 Å². The SMILES string of the molecule is Cn1ncc2c(NCc3ccccc3)nc(NC3CCCCC3)nc21. The van der Waals surface area contributed by atoms with Gasteiger partial charge in [-0.2, -0.15) is 15.1 Å². The second-order valence-electron chi connectivity index (χ2n) is 6.72. The fourth-order valence-corrected chi connectivity index (χ4v) is 3.43. The second-order valence-corrected chi connectivity index (χ2v) is 6.72. The monoisotopic (exact) mass is 336 g/mol. The van der Waals surface area contributed by atoms with Crippen LogP contribution in [0.4, 0.5) is 11.8 Å². The quantitative estimate of drug-likeness (QED) is 0.743. The zero-order valence-electron chi connectivity index (χ0n) is 14.6. The summed E-state index contributed by atoms with van der Waals surface area (Å²) in [5.41, 5.74) is 2.07. The lowest BCUT2D eigenvalue weighted by Crippen LogP contribution is -2.23. The smallest absolute Gasteiger partial charge is 0.226 e. The summed E-state index contributed by atoms with van der Waals surface area (Å²) in [6, 6.07) is 10.8. The largest absolute Gasteiger partial charge is 0.365 e. The Hall–Kier alpha value is -2.63. The highest BCUT2D eigenvalue weighted by Crippen LogP contribution is 2.25. The Morgan fingerprint density at radius 2 is 1.88 bits per heavy atom. The molecule has 1 aliphatic carbocycles. The van der Waals surface area contributed by atoms with E-state index in [0.717, 1.165) is 23.4 Å². The van der Waals surface area contributed by atoms with Gasteiger partial charge in [-0.3, -0.25) is 4.68 Å². The van der Waals surface area contributed by atoms with Gasteiger partial charge in [0.15, 0.2) is 5.65 Å². The van der Waals surface area contributed by atoms with Crippen molar-refractivity contribution in [2.24, 2.45) is 7.05 Å². The van der Waals surface area contributed by atoms with Crippen molar-refractivity contribution < 1.29 is 0 Å². The zero-order chi connectivity index (χ0) is 17.1. The van der Waals surface area contributed by atoms with Gasteiger partial charge in [-0.15, -0.1) is 0 Å². The number of aryl methyl sites for hydroxylation is 1. The molecule has 2 N–H and O–H groups in total. The van der Waals surface area contributed by atoms with Gasteiger partial charge in [0, 0.05) is 19.6 Å². The standard InChI is InChI=1S/C19H24N6/c1-25-18-16(13-21-25)17(20-12-14-8-4-2-5-9-14)23-19(24-18)22-15-10-6-3-7-11-15/h2,4-5,8-9,13,15H,3,6-7,10-12H2,1H3,(H2,20,22,23,24). The van der Waals surface area contributed by atoms with Crippen molar-refractivity contribution in [2.75, 3.05) is 10.6 Å². The Balaban J connectivity index is 1.59. The van der Waals surface area contributed by atoms with Gasteiger partial charge < -0.3 is 10.6 Å². The third-order valence-electron chi connectivity index (χ3n) is 4.83. The van der Waals surface area contributed by atoms with Crippen molar-refractivity contribution in [2.45, 2.75) is 44.7 Å². The van der Waals surface area contributed by atoms with E-state index < -0.39 is 0 Å². The highest BCUT2D eigenvalue weighted by Gasteiger charge is 2.17. The maximum atomic E-state index is 4.74. The summed E-state index contributed by atoms with van der Waals surface area (Å²) < 4.78 is 1.80. The lowest BCUT2D eigenvalue weighted by Gasteiger charge is -2.23. The van der Waals surface area contributed by atoms with E-state index in [0.29, 0.717) is 12.0 Å². The van der Waals surface area contributed by atoms with Crippen LogP contribution in [0, 0.1) is 0 Å². The predicted octanol–water partition coefficient (Wildman–Crippen LogP) is 3.72. The second kappa shape index (κ2) is 7.09. The van der Waals surface area contributed by atoms with Crippen LogP contribution in [-0.2, 0) is 13.6 Å². The summed E-state index contributed by atoms with van der Waals surface area (Å²) >= 11 is 0. The first kappa shape index (κ1) is 15.9. The van der Waals surface area contributed by atoms with Crippen molar-refractivity contribution in [3.63, 3.8) is 0 Å². The molecule has 130 valence electrons. The Bertz CT molecular complexity index is 836. The van der Waals surface area contributed by atoms with E-state index in [1.54, 1.807) is 4.68 Å². The normalized spacial score (nSPS) is 15.4. The Morgan fingerprint density at radius 1 is 1.08 bits per heavy atom. The highest BCUT2D eigenvalue weighted by atomic mass is 15.3. The first-order chi connectivity index (χ1) is 12.3. The van der Waals surface area contributed by atoms with Gasteiger partial charge in [-0.25, -0.2) is 0 Å². The summed E-state index contributed by atoms with van der Waals surface area (Å²) in [5.74, 6) is 1.53. The Kier molecular flexibility index (Phi) is 4.50. The van der Waals surface area contributed by atoms with Crippen molar-refractivity contribution in [1.82, 2.24) is 19.7 Å². The van der Waals surface area contributed by atoms with Crippen molar-refractivity contribution >= 4 is 22.8 Å². The minimum absolute atomic E-state index is 0.474. The van der Waals surface area contributed by atoms with E-state index in [2.05, 4.69) is 32.8 Å². The molecule has 2 aromatic heterocycles. The number of fused-ring (bicyclic) bond motifs is 1. The fourth-order valence-electron chi connectivity index (χ4n) is 3.43. The van der Waals surface area contributed by atoms with E-state index in [-0.39, 0.29) is 0 Å². The molecule has 6 nitrogen and oxygen atoms in total. The van der Waals surface area contributed by atoms with Crippen molar-refractivity contribution in [3.8, 4) is 0 Å². The number of nitrogens with one attached hydrogen (secondary N) is 2. The third kappa shape index (κ3) is 3.57. The van der Waals surface area contributed by atoms with Crippen molar-refractivity contribution in [1.29, 1.82) is 0 Å². The average molecular weight is 336 g/mol. The van der Waals surface area contributed by atoms with Crippen LogP contribution < -0.4 is 10.6 Å². The molecule has 1 aliphatic rings. The van der Waals surface area contributed by atoms with Crippen LogP contribution in [0.2, 0.25) is 0 Å². The highest BCUT2D eigenvalue weighted by molar-refractivity contribution is 5.87. The Morgan fingerprint density at radius 3 is 2.68 bits per heavy atom. The van der Waals surface area contributed by atoms with E-state index in [1.807, 2.05) is 31.4 Å². The van der Waals surface area contributed by atoms with Crippen LogP contribution in [0.15, 0.2) is 36.5 Å². The van der Waals surface area contributed by atoms with Gasteiger partial charge in [-0.1, -0.05) is 49.6 Å². The van der Waals surface area contributed by atoms with E-state index in [9.17, 15) is 0 Å². The molecule has 4 rings (SSSR count). The summed E-state index contributed by atoms with van der Waals surface area (Å²) in [4.78, 5) is 9.42. The predicted molar refractivity (Wildman–Crippen MR) is 101 cm³/mol. The molecule has 6 heteroatoms. The molecule has 0 amide bonds. The molecule has 1 fully saturated rings. The first-order valence-corrected chi connectivity index (χ1v) is 9.04. The fraction of sp³-hybridized carbons (Fsp3) is 0.421. The maximum Gasteiger partial charge on any atom is 0.226 e. The Labute approximate surface area is 147 Å². The van der Waals surface area contributed by atoms with Gasteiger partial charge in [0.1, 0.15) is 5.82 Å². The molecule has 0 aliphatic heterocycles. The zero-order valence-corrected chi connectivity index (χ0v) is 14.6. The molecule has 1 saturated carbocycles. The number of nitrogens with zero attached hydrogens (tertiary/aromatic N) is 4. The lowest BCUT2D eigenvalue weighted by atomic mass is 9.96. The molecule has 1 aromatic carbocycles. The minimum Gasteiger partial charge on any atom is -0.365 e. The molecule has 0 saturated heterocycles. The number of rotatable bonds is 5. The number of benzene rings is 1. The van der Waals surface area contributed by atoms with Crippen LogP contribution in [0.1, 0.15) is 37.7 Å². The number of hydrogen-bond donors (Lipinski definition) is 2. The molecular formula is C19H24N6. The summed E-state index contributed by atoms with van der Waals surface area (Å²) in [7, 11) is 1.92. The van der Waals surface area contributed by atoms with Crippen LogP contribution in [0.5, 0.6) is 0 Å². The number of aromatic nitrogens is 4. The molecule has 0 unspecified atom stereocenters. The van der Waals surface area contributed by atoms with Crippen LogP contribution in [0.3, 0.4) is 0 Å². The number of hydrogen-bond acceptors (Lipinski definition) is 5. The van der Waals surface area contributed by atoms with E-state index in [4.69, 9.17) is 4.98 Å². The molecular weight excluding hydrogens is 312 g/mol. The summed E-state index contributed by atoms with van der Waals surface area (Å²) in [6.07, 6.45) is 8.12. The molecule has 0 radical (unpaired) electrons. The van der Waals surface area contributed by atoms with E-state index >= 15 is 0 Å². The molecule has 2 heterocycles. The van der Waals surface area contributed by atoms with Crippen LogP contribution in [-0.4, -0.2) is 25.8 Å². The average Bonchev–Trinajstić information content (AvgIpc) is 3.03. The maximum absolute atomic E-state index is 4.74. The molecule has 0 spiro atoms. The molecule has 0 bridgehead atoms. The van der Waals surface area contributed by atoms with Gasteiger partial charge in [-0.05, 0) is 18.4 Å². The molecule has 0 atom stereocenters. The topological polar surface area (TPSA) is 67.7 Å². The van der Waals surface area contributed by atoms with Crippen LogP contribution in [0.25, 0.3) is 11.0 Å². The van der Waals surface area contributed by atoms with E-state index in [1.165, 1.54) is 37.7 Å². The van der Waals surface area contributed by atoms with Gasteiger partial charge in [0.2, 0.25) is 5.95 Å². The molecule has 25 heavy (non-hydrogen) atoms. The van der Waals surface area contributed by atoms with Crippen LogP contribution >= 0.6 is 0 Å². The van der Waals surface area contributed by atoms with Gasteiger partial charge >= 0.3 is 0 Å². The summed E-state index contributed by atoms with van der Waals surface area (Å²) in [6.45, 7) is 0.727. The third-order valence-corrected chi connectivity index (χ3v) is 4.83. The number of anilines is 2. The lowest BCUT2D eigenvalue weighted by molar-refractivity contribution is 0.461. The summed E-state index contributed by atoms with van der Waals surface area (Å²) in [5, 5.41) is 12.3. The first-order valence-electron chi connectivity index (χ1n) is 9.04.